The first-order chi connectivity index (χ1) is 8.63. The second-order valence-electron chi connectivity index (χ2n) is 4.43. The van der Waals surface area contributed by atoms with Crippen LogP contribution in [0.5, 0.6) is 0 Å². The van der Waals surface area contributed by atoms with E-state index in [4.69, 9.17) is 15.1 Å². The van der Waals surface area contributed by atoms with Crippen LogP contribution in [0.4, 0.5) is 10.1 Å². The third-order valence-electron chi connectivity index (χ3n) is 2.95. The number of benzene rings is 1. The van der Waals surface area contributed by atoms with Gasteiger partial charge in [0.15, 0.2) is 0 Å². The molecule has 5 heteroatoms. The number of hydrogen-bond donors (Lipinski definition) is 1. The first-order valence-electron chi connectivity index (χ1n) is 5.85. The van der Waals surface area contributed by atoms with Gasteiger partial charge in [-0.15, -0.1) is 0 Å². The van der Waals surface area contributed by atoms with Gasteiger partial charge in [0.1, 0.15) is 5.82 Å². The van der Waals surface area contributed by atoms with Crippen LogP contribution in [0.1, 0.15) is 12.5 Å². The van der Waals surface area contributed by atoms with Gasteiger partial charge >= 0.3 is 0 Å². The summed E-state index contributed by atoms with van der Waals surface area (Å²) in [5.74, 6) is -0.417. The summed E-state index contributed by atoms with van der Waals surface area (Å²) in [7, 11) is 0. The van der Waals surface area contributed by atoms with E-state index in [-0.39, 0.29) is 18.8 Å². The van der Waals surface area contributed by atoms with Crippen molar-refractivity contribution in [3.05, 3.63) is 29.6 Å². The summed E-state index contributed by atoms with van der Waals surface area (Å²) in [6, 6.07) is 6.32. The van der Waals surface area contributed by atoms with Crippen molar-refractivity contribution >= 4 is 5.69 Å². The lowest BCUT2D eigenvalue weighted by Crippen LogP contribution is -2.48. The van der Waals surface area contributed by atoms with E-state index in [1.807, 2.05) is 17.9 Å². The minimum atomic E-state index is -0.417. The fourth-order valence-corrected chi connectivity index (χ4v) is 2.18. The van der Waals surface area contributed by atoms with Crippen LogP contribution in [0.15, 0.2) is 18.2 Å². The zero-order valence-electron chi connectivity index (χ0n) is 10.1. The molecule has 96 valence electrons. The minimum Gasteiger partial charge on any atom is -0.394 e. The van der Waals surface area contributed by atoms with Crippen molar-refractivity contribution in [2.45, 2.75) is 19.1 Å². The van der Waals surface area contributed by atoms with Gasteiger partial charge in [-0.1, -0.05) is 0 Å². The Morgan fingerprint density at radius 3 is 2.94 bits per heavy atom. The molecule has 0 amide bonds. The summed E-state index contributed by atoms with van der Waals surface area (Å²) in [6.45, 7) is 2.82. The maximum Gasteiger partial charge on any atom is 0.147 e. The second-order valence-corrected chi connectivity index (χ2v) is 4.43. The molecule has 2 rings (SSSR count). The van der Waals surface area contributed by atoms with Gasteiger partial charge in [-0.2, -0.15) is 5.26 Å². The van der Waals surface area contributed by atoms with Gasteiger partial charge in [-0.3, -0.25) is 0 Å². The highest BCUT2D eigenvalue weighted by molar-refractivity contribution is 5.51. The van der Waals surface area contributed by atoms with Crippen LogP contribution in [0.25, 0.3) is 0 Å². The molecule has 2 unspecified atom stereocenters. The molecule has 1 heterocycles. The standard InChI is InChI=1S/C13H15FN2O2/c1-9-6-16(7-11(8-17)18-9)13-3-2-10(5-15)4-12(13)14/h2-4,9,11,17H,6-8H2,1H3. The van der Waals surface area contributed by atoms with Gasteiger partial charge in [0.05, 0.1) is 36.1 Å². The highest BCUT2D eigenvalue weighted by Gasteiger charge is 2.26. The summed E-state index contributed by atoms with van der Waals surface area (Å²) in [4.78, 5) is 1.84. The number of anilines is 1. The number of hydrogen-bond acceptors (Lipinski definition) is 4. The van der Waals surface area contributed by atoms with Crippen molar-refractivity contribution in [2.75, 3.05) is 24.6 Å². The monoisotopic (exact) mass is 250 g/mol. The molecule has 1 saturated heterocycles. The number of aliphatic hydroxyl groups excluding tert-OH is 1. The minimum absolute atomic E-state index is 0.0639. The average molecular weight is 250 g/mol. The Balaban J connectivity index is 2.23. The Labute approximate surface area is 105 Å². The van der Waals surface area contributed by atoms with E-state index in [9.17, 15) is 4.39 Å². The number of ether oxygens (including phenoxy) is 1. The Bertz CT molecular complexity index is 473. The van der Waals surface area contributed by atoms with Gasteiger partial charge in [0.2, 0.25) is 0 Å². The predicted octanol–water partition coefficient (Wildman–Crippen LogP) is 1.28. The second kappa shape index (κ2) is 5.34. The molecule has 1 aliphatic rings. The SMILES string of the molecule is CC1CN(c2ccc(C#N)cc2F)CC(CO)O1. The summed E-state index contributed by atoms with van der Waals surface area (Å²) in [5, 5.41) is 17.8. The predicted molar refractivity (Wildman–Crippen MR) is 64.7 cm³/mol. The lowest BCUT2D eigenvalue weighted by Gasteiger charge is -2.37. The van der Waals surface area contributed by atoms with E-state index in [0.29, 0.717) is 24.3 Å². The van der Waals surface area contributed by atoms with Crippen molar-refractivity contribution in [2.24, 2.45) is 0 Å². The van der Waals surface area contributed by atoms with Crippen molar-refractivity contribution in [1.82, 2.24) is 0 Å². The zero-order chi connectivity index (χ0) is 13.1. The van der Waals surface area contributed by atoms with Crippen molar-refractivity contribution in [1.29, 1.82) is 5.26 Å². The van der Waals surface area contributed by atoms with Crippen LogP contribution in [0.2, 0.25) is 0 Å². The highest BCUT2D eigenvalue weighted by Crippen LogP contribution is 2.24. The molecular weight excluding hydrogens is 235 g/mol. The lowest BCUT2D eigenvalue weighted by atomic mass is 10.1. The number of rotatable bonds is 2. The fourth-order valence-electron chi connectivity index (χ4n) is 2.18. The Kier molecular flexibility index (Phi) is 3.80. The largest absolute Gasteiger partial charge is 0.394 e. The van der Waals surface area contributed by atoms with Crippen molar-refractivity contribution in [3.8, 4) is 6.07 Å². The molecule has 18 heavy (non-hydrogen) atoms. The molecule has 1 aromatic rings. The number of morpholine rings is 1. The molecule has 0 radical (unpaired) electrons. The molecule has 1 aromatic carbocycles. The number of nitrogens with zero attached hydrogens (tertiary/aromatic N) is 2. The molecule has 0 aromatic heterocycles. The molecule has 0 spiro atoms. The number of aliphatic hydroxyl groups is 1. The molecular formula is C13H15FN2O2. The summed E-state index contributed by atoms with van der Waals surface area (Å²) < 4.78 is 19.4. The summed E-state index contributed by atoms with van der Waals surface area (Å²) in [6.07, 6.45) is -0.366. The van der Waals surface area contributed by atoms with E-state index < -0.39 is 5.82 Å². The highest BCUT2D eigenvalue weighted by atomic mass is 19.1. The fraction of sp³-hybridized carbons (Fsp3) is 0.462. The van der Waals surface area contributed by atoms with Gasteiger partial charge in [0, 0.05) is 13.1 Å². The molecule has 0 saturated carbocycles. The maximum absolute atomic E-state index is 13.9. The topological polar surface area (TPSA) is 56.5 Å². The van der Waals surface area contributed by atoms with Crippen molar-refractivity contribution < 1.29 is 14.2 Å². The average Bonchev–Trinajstić information content (AvgIpc) is 2.37. The van der Waals surface area contributed by atoms with Gasteiger partial charge in [0.25, 0.3) is 0 Å². The van der Waals surface area contributed by atoms with Gasteiger partial charge in [-0.25, -0.2) is 4.39 Å². The van der Waals surface area contributed by atoms with Crippen LogP contribution in [0.3, 0.4) is 0 Å². The Hall–Kier alpha value is -1.64. The van der Waals surface area contributed by atoms with E-state index in [1.165, 1.54) is 6.07 Å². The van der Waals surface area contributed by atoms with Gasteiger partial charge < -0.3 is 14.7 Å². The Morgan fingerprint density at radius 2 is 2.33 bits per heavy atom. The molecule has 0 aliphatic carbocycles. The summed E-state index contributed by atoms with van der Waals surface area (Å²) >= 11 is 0. The molecule has 1 fully saturated rings. The third kappa shape index (κ3) is 2.61. The van der Waals surface area contributed by atoms with E-state index >= 15 is 0 Å². The van der Waals surface area contributed by atoms with E-state index in [2.05, 4.69) is 0 Å². The molecule has 0 bridgehead atoms. The van der Waals surface area contributed by atoms with Crippen LogP contribution in [-0.2, 0) is 4.74 Å². The van der Waals surface area contributed by atoms with Crippen LogP contribution in [0, 0.1) is 17.1 Å². The van der Waals surface area contributed by atoms with E-state index in [0.717, 1.165) is 0 Å². The molecule has 2 atom stereocenters. The van der Waals surface area contributed by atoms with Gasteiger partial charge in [-0.05, 0) is 25.1 Å². The maximum atomic E-state index is 13.9. The number of nitriles is 1. The van der Waals surface area contributed by atoms with E-state index in [1.54, 1.807) is 12.1 Å². The van der Waals surface area contributed by atoms with Crippen LogP contribution < -0.4 is 4.90 Å². The summed E-state index contributed by atoms with van der Waals surface area (Å²) in [5.41, 5.74) is 0.749. The van der Waals surface area contributed by atoms with Crippen molar-refractivity contribution in [3.63, 3.8) is 0 Å². The lowest BCUT2D eigenvalue weighted by molar-refractivity contribution is -0.0422. The van der Waals surface area contributed by atoms with Crippen LogP contribution >= 0.6 is 0 Å². The first kappa shape index (κ1) is 12.8. The van der Waals surface area contributed by atoms with Crippen LogP contribution in [-0.4, -0.2) is 37.0 Å². The normalized spacial score (nSPS) is 23.8. The third-order valence-corrected chi connectivity index (χ3v) is 2.95. The Morgan fingerprint density at radius 1 is 1.56 bits per heavy atom. The first-order valence-corrected chi connectivity index (χ1v) is 5.85. The molecule has 1 N–H and O–H groups in total. The molecule has 1 aliphatic heterocycles. The zero-order valence-corrected chi connectivity index (χ0v) is 10.1. The smallest absolute Gasteiger partial charge is 0.147 e. The number of halogens is 1. The molecule has 4 nitrogen and oxygen atoms in total. The quantitative estimate of drug-likeness (QED) is 0.859.